The summed E-state index contributed by atoms with van der Waals surface area (Å²) in [6.07, 6.45) is 1.59. The minimum atomic E-state index is -0.164. The molecular formula is C17H16O2S2. The smallest absolute Gasteiger partial charge is 0.308 e. The SMILES string of the molecule is C=CC#Cc1ccc(-c2ccc(COC(=O)C(C)C)s2)s1. The first kappa shape index (κ1) is 15.6. The van der Waals surface area contributed by atoms with E-state index in [-0.39, 0.29) is 11.9 Å². The van der Waals surface area contributed by atoms with E-state index in [2.05, 4.69) is 30.6 Å². The topological polar surface area (TPSA) is 26.3 Å². The second-order valence-corrected chi connectivity index (χ2v) is 6.92. The Morgan fingerprint density at radius 1 is 1.29 bits per heavy atom. The van der Waals surface area contributed by atoms with Crippen molar-refractivity contribution in [3.8, 4) is 21.6 Å². The van der Waals surface area contributed by atoms with Crippen LogP contribution in [0, 0.1) is 17.8 Å². The Balaban J connectivity index is 2.04. The zero-order valence-corrected chi connectivity index (χ0v) is 13.6. The summed E-state index contributed by atoms with van der Waals surface area (Å²) in [4.78, 5) is 15.9. The standard InChI is InChI=1S/C17H16O2S2/c1-4-5-6-13-7-9-15(20-13)16-10-8-14(21-16)11-19-17(18)12(2)3/h4,7-10,12H,1,11H2,2-3H3. The van der Waals surface area contributed by atoms with Crippen LogP contribution >= 0.6 is 22.7 Å². The first-order chi connectivity index (χ1) is 10.1. The molecule has 0 atom stereocenters. The highest BCUT2D eigenvalue weighted by Gasteiger charge is 2.10. The fraction of sp³-hybridized carbons (Fsp3) is 0.235. The van der Waals surface area contributed by atoms with Gasteiger partial charge in [0.05, 0.1) is 10.8 Å². The highest BCUT2D eigenvalue weighted by Crippen LogP contribution is 2.33. The quantitative estimate of drug-likeness (QED) is 0.603. The van der Waals surface area contributed by atoms with Gasteiger partial charge in [-0.2, -0.15) is 0 Å². The molecule has 0 fully saturated rings. The van der Waals surface area contributed by atoms with Crippen molar-refractivity contribution < 1.29 is 9.53 Å². The lowest BCUT2D eigenvalue weighted by atomic mass is 10.2. The van der Waals surface area contributed by atoms with E-state index in [0.29, 0.717) is 6.61 Å². The molecule has 4 heteroatoms. The van der Waals surface area contributed by atoms with Gasteiger partial charge in [0.15, 0.2) is 0 Å². The number of carbonyl (C=O) groups excluding carboxylic acids is 1. The Labute approximate surface area is 133 Å². The molecule has 0 saturated heterocycles. The summed E-state index contributed by atoms with van der Waals surface area (Å²) < 4.78 is 5.24. The maximum atomic E-state index is 11.5. The van der Waals surface area contributed by atoms with Gasteiger partial charge in [-0.15, -0.1) is 22.7 Å². The van der Waals surface area contributed by atoms with E-state index < -0.39 is 0 Å². The summed E-state index contributed by atoms with van der Waals surface area (Å²) in [7, 11) is 0. The van der Waals surface area contributed by atoms with Crippen molar-refractivity contribution in [1.29, 1.82) is 0 Å². The van der Waals surface area contributed by atoms with Crippen LogP contribution in [0.15, 0.2) is 36.9 Å². The predicted molar refractivity (Wildman–Crippen MR) is 89.3 cm³/mol. The lowest BCUT2D eigenvalue weighted by Gasteiger charge is -2.04. The van der Waals surface area contributed by atoms with Crippen LogP contribution in [0.25, 0.3) is 9.75 Å². The molecule has 0 unspecified atom stereocenters. The predicted octanol–water partition coefficient (Wildman–Crippen LogP) is 4.71. The van der Waals surface area contributed by atoms with Crippen molar-refractivity contribution in [3.63, 3.8) is 0 Å². The molecule has 0 amide bonds. The molecule has 0 aliphatic heterocycles. The van der Waals surface area contributed by atoms with E-state index in [1.165, 1.54) is 9.75 Å². The molecule has 0 spiro atoms. The lowest BCUT2D eigenvalue weighted by Crippen LogP contribution is -2.10. The van der Waals surface area contributed by atoms with Crippen LogP contribution < -0.4 is 0 Å². The largest absolute Gasteiger partial charge is 0.460 e. The van der Waals surface area contributed by atoms with E-state index >= 15 is 0 Å². The fourth-order valence-corrected chi connectivity index (χ4v) is 3.44. The Morgan fingerprint density at radius 3 is 2.71 bits per heavy atom. The molecule has 0 radical (unpaired) electrons. The van der Waals surface area contributed by atoms with Gasteiger partial charge in [-0.1, -0.05) is 32.3 Å². The van der Waals surface area contributed by atoms with Gasteiger partial charge in [0, 0.05) is 14.6 Å². The molecule has 21 heavy (non-hydrogen) atoms. The normalized spacial score (nSPS) is 10.0. The summed E-state index contributed by atoms with van der Waals surface area (Å²) >= 11 is 3.29. The highest BCUT2D eigenvalue weighted by molar-refractivity contribution is 7.22. The van der Waals surface area contributed by atoms with E-state index in [0.717, 1.165) is 9.75 Å². The summed E-state index contributed by atoms with van der Waals surface area (Å²) in [5.74, 6) is 5.62. The molecule has 0 N–H and O–H groups in total. The average Bonchev–Trinajstić information content (AvgIpc) is 3.11. The summed E-state index contributed by atoms with van der Waals surface area (Å²) in [6.45, 7) is 7.59. The second-order valence-electron chi connectivity index (χ2n) is 4.67. The zero-order valence-electron chi connectivity index (χ0n) is 12.0. The Hall–Kier alpha value is -1.83. The molecule has 2 heterocycles. The van der Waals surface area contributed by atoms with E-state index in [4.69, 9.17) is 4.74 Å². The summed E-state index contributed by atoms with van der Waals surface area (Å²) in [5, 5.41) is 0. The molecule has 0 aromatic carbocycles. The van der Waals surface area contributed by atoms with Crippen molar-refractivity contribution in [2.24, 2.45) is 5.92 Å². The van der Waals surface area contributed by atoms with Gasteiger partial charge in [-0.3, -0.25) is 4.79 Å². The van der Waals surface area contributed by atoms with E-state index in [1.54, 1.807) is 28.7 Å². The van der Waals surface area contributed by atoms with Gasteiger partial charge in [-0.05, 0) is 30.3 Å². The van der Waals surface area contributed by atoms with E-state index in [9.17, 15) is 4.79 Å². The van der Waals surface area contributed by atoms with Gasteiger partial charge in [0.2, 0.25) is 0 Å². The number of rotatable bonds is 4. The maximum Gasteiger partial charge on any atom is 0.308 e. The van der Waals surface area contributed by atoms with Crippen molar-refractivity contribution in [3.05, 3.63) is 46.7 Å². The monoisotopic (exact) mass is 316 g/mol. The Morgan fingerprint density at radius 2 is 2.00 bits per heavy atom. The van der Waals surface area contributed by atoms with Crippen LogP contribution in [0.3, 0.4) is 0 Å². The minimum Gasteiger partial charge on any atom is -0.460 e. The second kappa shape index (κ2) is 7.26. The summed E-state index contributed by atoms with van der Waals surface area (Å²) in [6, 6.07) is 8.13. The van der Waals surface area contributed by atoms with Crippen molar-refractivity contribution >= 4 is 28.6 Å². The van der Waals surface area contributed by atoms with Crippen LogP contribution in [0.4, 0.5) is 0 Å². The van der Waals surface area contributed by atoms with Crippen LogP contribution in [0.2, 0.25) is 0 Å². The minimum absolute atomic E-state index is 0.0901. The number of thiophene rings is 2. The van der Waals surface area contributed by atoms with Gasteiger partial charge in [-0.25, -0.2) is 0 Å². The first-order valence-electron chi connectivity index (χ1n) is 6.58. The molecule has 0 bridgehead atoms. The third-order valence-electron chi connectivity index (χ3n) is 2.64. The molecule has 0 aliphatic rings. The molecule has 2 rings (SSSR count). The highest BCUT2D eigenvalue weighted by atomic mass is 32.1. The van der Waals surface area contributed by atoms with Crippen molar-refractivity contribution in [2.45, 2.75) is 20.5 Å². The zero-order chi connectivity index (χ0) is 15.2. The van der Waals surface area contributed by atoms with Gasteiger partial charge in [0.1, 0.15) is 6.61 Å². The lowest BCUT2D eigenvalue weighted by molar-refractivity contribution is -0.148. The van der Waals surface area contributed by atoms with Crippen LogP contribution in [0.1, 0.15) is 23.6 Å². The molecule has 0 saturated carbocycles. The molecule has 2 aromatic heterocycles. The van der Waals surface area contributed by atoms with Gasteiger partial charge >= 0.3 is 5.97 Å². The van der Waals surface area contributed by atoms with Crippen LogP contribution in [0.5, 0.6) is 0 Å². The first-order valence-corrected chi connectivity index (χ1v) is 8.21. The third-order valence-corrected chi connectivity index (χ3v) is 4.89. The molecular weight excluding hydrogens is 300 g/mol. The van der Waals surface area contributed by atoms with Gasteiger partial charge in [0.25, 0.3) is 0 Å². The van der Waals surface area contributed by atoms with E-state index in [1.807, 2.05) is 26.0 Å². The molecule has 2 aromatic rings. The summed E-state index contributed by atoms with van der Waals surface area (Å²) in [5.41, 5.74) is 0. The Kier molecular flexibility index (Phi) is 5.38. The molecule has 2 nitrogen and oxygen atoms in total. The number of allylic oxidation sites excluding steroid dienone is 1. The molecule has 0 aliphatic carbocycles. The van der Waals surface area contributed by atoms with Gasteiger partial charge < -0.3 is 4.74 Å². The molecule has 108 valence electrons. The number of hydrogen-bond acceptors (Lipinski definition) is 4. The number of ether oxygens (including phenoxy) is 1. The van der Waals surface area contributed by atoms with Crippen molar-refractivity contribution in [2.75, 3.05) is 0 Å². The maximum absolute atomic E-state index is 11.5. The Bertz CT molecular complexity index is 696. The average molecular weight is 316 g/mol. The number of esters is 1. The third kappa shape index (κ3) is 4.32. The fourth-order valence-electron chi connectivity index (χ4n) is 1.56. The van der Waals surface area contributed by atoms with Crippen LogP contribution in [-0.2, 0) is 16.1 Å². The number of hydrogen-bond donors (Lipinski definition) is 0. The van der Waals surface area contributed by atoms with Crippen molar-refractivity contribution in [1.82, 2.24) is 0 Å². The number of carbonyl (C=O) groups is 1. The van der Waals surface area contributed by atoms with Crippen LogP contribution in [-0.4, -0.2) is 5.97 Å².